The lowest BCUT2D eigenvalue weighted by atomic mass is 9.89. The van der Waals surface area contributed by atoms with Crippen molar-refractivity contribution in [2.75, 3.05) is 0 Å². The van der Waals surface area contributed by atoms with E-state index in [-0.39, 0.29) is 5.92 Å². The molecule has 0 aliphatic rings. The fourth-order valence-corrected chi connectivity index (χ4v) is 2.24. The van der Waals surface area contributed by atoms with E-state index in [1.807, 2.05) is 42.5 Å². The Morgan fingerprint density at radius 2 is 1.71 bits per heavy atom. The first kappa shape index (κ1) is 12.0. The lowest BCUT2D eigenvalue weighted by Crippen LogP contribution is -1.99. The lowest BCUT2D eigenvalue weighted by molar-refractivity contribution is 0.464. The van der Waals surface area contributed by atoms with Crippen LogP contribution in [0.15, 0.2) is 48.5 Å². The molecule has 2 aromatic rings. The van der Waals surface area contributed by atoms with E-state index in [9.17, 15) is 5.11 Å². The second-order valence-corrected chi connectivity index (χ2v) is 4.51. The SMILES string of the molecule is CCC(c1ccc(Cl)cc1)c1ccccc1O. The predicted molar refractivity (Wildman–Crippen MR) is 71.7 cm³/mol. The zero-order valence-corrected chi connectivity index (χ0v) is 10.5. The minimum absolute atomic E-state index is 0.216. The summed E-state index contributed by atoms with van der Waals surface area (Å²) < 4.78 is 0. The van der Waals surface area contributed by atoms with Crippen LogP contribution in [0.25, 0.3) is 0 Å². The van der Waals surface area contributed by atoms with Crippen LogP contribution in [0.5, 0.6) is 5.75 Å². The van der Waals surface area contributed by atoms with Crippen molar-refractivity contribution in [2.24, 2.45) is 0 Å². The van der Waals surface area contributed by atoms with Crippen molar-refractivity contribution in [3.05, 3.63) is 64.7 Å². The smallest absolute Gasteiger partial charge is 0.119 e. The number of halogens is 1. The monoisotopic (exact) mass is 246 g/mol. The van der Waals surface area contributed by atoms with Gasteiger partial charge in [-0.05, 0) is 30.2 Å². The topological polar surface area (TPSA) is 20.2 Å². The van der Waals surface area contributed by atoms with Crippen molar-refractivity contribution in [1.29, 1.82) is 0 Å². The fourth-order valence-electron chi connectivity index (χ4n) is 2.11. The fraction of sp³-hybridized carbons (Fsp3) is 0.200. The Labute approximate surface area is 107 Å². The molecule has 0 bridgehead atoms. The number of phenolic OH excluding ortho intramolecular Hbond substituents is 1. The maximum Gasteiger partial charge on any atom is 0.119 e. The van der Waals surface area contributed by atoms with Crippen LogP contribution in [0.2, 0.25) is 5.02 Å². The highest BCUT2D eigenvalue weighted by Crippen LogP contribution is 2.33. The number of hydrogen-bond donors (Lipinski definition) is 1. The summed E-state index contributed by atoms with van der Waals surface area (Å²) in [4.78, 5) is 0. The molecule has 0 saturated heterocycles. The summed E-state index contributed by atoms with van der Waals surface area (Å²) in [5.41, 5.74) is 2.15. The standard InChI is InChI=1S/C15H15ClO/c1-2-13(11-7-9-12(16)10-8-11)14-5-3-4-6-15(14)17/h3-10,13,17H,2H2,1H3. The molecular weight excluding hydrogens is 232 g/mol. The average molecular weight is 247 g/mol. The van der Waals surface area contributed by atoms with Crippen LogP contribution in [0, 0.1) is 0 Å². The Bertz CT molecular complexity index is 491. The van der Waals surface area contributed by atoms with Crippen LogP contribution in [-0.4, -0.2) is 5.11 Å². The molecule has 0 radical (unpaired) electrons. The van der Waals surface area contributed by atoms with Gasteiger partial charge >= 0.3 is 0 Å². The zero-order valence-electron chi connectivity index (χ0n) is 9.73. The summed E-state index contributed by atoms with van der Waals surface area (Å²) in [7, 11) is 0. The van der Waals surface area contributed by atoms with Crippen LogP contribution in [0.3, 0.4) is 0 Å². The van der Waals surface area contributed by atoms with Crippen LogP contribution in [0.1, 0.15) is 30.4 Å². The van der Waals surface area contributed by atoms with Gasteiger partial charge in [0.15, 0.2) is 0 Å². The summed E-state index contributed by atoms with van der Waals surface area (Å²) in [6, 6.07) is 15.3. The Balaban J connectivity index is 2.40. The van der Waals surface area contributed by atoms with Crippen LogP contribution in [0.4, 0.5) is 0 Å². The number of benzene rings is 2. The highest BCUT2D eigenvalue weighted by atomic mass is 35.5. The van der Waals surface area contributed by atoms with E-state index in [0.717, 1.165) is 17.0 Å². The first-order chi connectivity index (χ1) is 8.22. The summed E-state index contributed by atoms with van der Waals surface area (Å²) in [5.74, 6) is 0.572. The molecule has 88 valence electrons. The zero-order chi connectivity index (χ0) is 12.3. The normalized spacial score (nSPS) is 12.4. The van der Waals surface area contributed by atoms with Gasteiger partial charge in [0.25, 0.3) is 0 Å². The number of hydrogen-bond acceptors (Lipinski definition) is 1. The van der Waals surface area contributed by atoms with E-state index in [1.54, 1.807) is 6.07 Å². The Morgan fingerprint density at radius 3 is 2.29 bits per heavy atom. The number of aromatic hydroxyl groups is 1. The second-order valence-electron chi connectivity index (χ2n) is 4.07. The van der Waals surface area contributed by atoms with Crippen molar-refractivity contribution in [3.63, 3.8) is 0 Å². The number of rotatable bonds is 3. The molecule has 1 nitrogen and oxygen atoms in total. The molecule has 2 rings (SSSR count). The molecule has 0 saturated carbocycles. The largest absolute Gasteiger partial charge is 0.508 e. The molecule has 2 aromatic carbocycles. The van der Waals surface area contributed by atoms with Gasteiger partial charge in [-0.2, -0.15) is 0 Å². The molecule has 0 aliphatic carbocycles. The van der Waals surface area contributed by atoms with Gasteiger partial charge in [-0.15, -0.1) is 0 Å². The molecule has 0 spiro atoms. The number of phenols is 1. The van der Waals surface area contributed by atoms with Crippen molar-refractivity contribution in [2.45, 2.75) is 19.3 Å². The highest BCUT2D eigenvalue weighted by molar-refractivity contribution is 6.30. The first-order valence-electron chi connectivity index (χ1n) is 5.75. The molecule has 0 aliphatic heterocycles. The van der Waals surface area contributed by atoms with Crippen LogP contribution in [-0.2, 0) is 0 Å². The van der Waals surface area contributed by atoms with E-state index < -0.39 is 0 Å². The minimum atomic E-state index is 0.216. The third kappa shape index (κ3) is 2.62. The maximum atomic E-state index is 9.90. The van der Waals surface area contributed by atoms with E-state index in [4.69, 9.17) is 11.6 Å². The first-order valence-corrected chi connectivity index (χ1v) is 6.13. The summed E-state index contributed by atoms with van der Waals surface area (Å²) >= 11 is 5.89. The molecular formula is C15H15ClO. The van der Waals surface area contributed by atoms with Gasteiger partial charge in [0.1, 0.15) is 5.75 Å². The highest BCUT2D eigenvalue weighted by Gasteiger charge is 2.14. The molecule has 0 aromatic heterocycles. The summed E-state index contributed by atoms with van der Waals surface area (Å²) in [5, 5.41) is 10.6. The number of para-hydroxylation sites is 1. The molecule has 1 unspecified atom stereocenters. The molecule has 0 heterocycles. The third-order valence-corrected chi connectivity index (χ3v) is 3.24. The van der Waals surface area contributed by atoms with Gasteiger partial charge in [-0.1, -0.05) is 48.9 Å². The van der Waals surface area contributed by atoms with Gasteiger partial charge in [-0.25, -0.2) is 0 Å². The van der Waals surface area contributed by atoms with Crippen LogP contribution >= 0.6 is 11.6 Å². The van der Waals surface area contributed by atoms with E-state index in [1.165, 1.54) is 5.56 Å². The molecule has 1 N–H and O–H groups in total. The van der Waals surface area contributed by atoms with Crippen molar-refractivity contribution < 1.29 is 5.11 Å². The summed E-state index contributed by atoms with van der Waals surface area (Å²) in [6.07, 6.45) is 0.944. The Hall–Kier alpha value is -1.47. The van der Waals surface area contributed by atoms with Crippen molar-refractivity contribution in [3.8, 4) is 5.75 Å². The average Bonchev–Trinajstić information content (AvgIpc) is 2.35. The van der Waals surface area contributed by atoms with Crippen molar-refractivity contribution >= 4 is 11.6 Å². The van der Waals surface area contributed by atoms with Crippen LogP contribution < -0.4 is 0 Å². The quantitative estimate of drug-likeness (QED) is 0.840. The Morgan fingerprint density at radius 1 is 1.06 bits per heavy atom. The lowest BCUT2D eigenvalue weighted by Gasteiger charge is -2.17. The second kappa shape index (κ2) is 5.24. The predicted octanol–water partition coefficient (Wildman–Crippen LogP) is 4.59. The molecule has 1 atom stereocenters. The van der Waals surface area contributed by atoms with Gasteiger partial charge < -0.3 is 5.11 Å². The van der Waals surface area contributed by atoms with Gasteiger partial charge in [-0.3, -0.25) is 0 Å². The van der Waals surface area contributed by atoms with Gasteiger partial charge in [0.05, 0.1) is 0 Å². The maximum absolute atomic E-state index is 9.90. The van der Waals surface area contributed by atoms with Gasteiger partial charge in [0.2, 0.25) is 0 Å². The Kier molecular flexibility index (Phi) is 3.70. The molecule has 0 fully saturated rings. The van der Waals surface area contributed by atoms with Crippen molar-refractivity contribution in [1.82, 2.24) is 0 Å². The van der Waals surface area contributed by atoms with E-state index in [0.29, 0.717) is 5.75 Å². The molecule has 2 heteroatoms. The van der Waals surface area contributed by atoms with Gasteiger partial charge in [0, 0.05) is 16.5 Å². The minimum Gasteiger partial charge on any atom is -0.508 e. The molecule has 0 amide bonds. The molecule has 17 heavy (non-hydrogen) atoms. The third-order valence-electron chi connectivity index (χ3n) is 2.99. The van der Waals surface area contributed by atoms with E-state index in [2.05, 4.69) is 6.92 Å². The van der Waals surface area contributed by atoms with E-state index >= 15 is 0 Å². The summed E-state index contributed by atoms with van der Waals surface area (Å²) in [6.45, 7) is 2.12.